The van der Waals surface area contributed by atoms with E-state index in [4.69, 9.17) is 10.7 Å². The van der Waals surface area contributed by atoms with Gasteiger partial charge < -0.3 is 11.1 Å². The van der Waals surface area contributed by atoms with Crippen molar-refractivity contribution in [2.75, 3.05) is 13.1 Å². The van der Waals surface area contributed by atoms with Crippen molar-refractivity contribution >= 4 is 11.3 Å². The third-order valence-corrected chi connectivity index (χ3v) is 4.57. The van der Waals surface area contributed by atoms with Gasteiger partial charge in [0.2, 0.25) is 0 Å². The topological polar surface area (TPSA) is 50.9 Å². The molecule has 4 heteroatoms. The molecule has 1 saturated heterocycles. The standard InChI is InChI=1S/C11H17N3S/c12-11(3-4-11)10-14-9(7-15-10)8-1-5-13-6-2-8/h7-8,13H,1-6,12H2. The third kappa shape index (κ3) is 1.82. The largest absolute Gasteiger partial charge is 0.319 e. The van der Waals surface area contributed by atoms with Crippen molar-refractivity contribution < 1.29 is 0 Å². The Morgan fingerprint density at radius 3 is 2.80 bits per heavy atom. The lowest BCUT2D eigenvalue weighted by Crippen LogP contribution is -2.27. The van der Waals surface area contributed by atoms with Gasteiger partial charge in [0.1, 0.15) is 5.01 Å². The SMILES string of the molecule is NC1(c2nc(C3CCNCC3)cs2)CC1. The zero-order chi connectivity index (χ0) is 10.3. The minimum Gasteiger partial charge on any atom is -0.319 e. The molecule has 0 spiro atoms. The summed E-state index contributed by atoms with van der Waals surface area (Å²) in [4.78, 5) is 4.73. The molecule has 0 aromatic carbocycles. The van der Waals surface area contributed by atoms with E-state index in [1.54, 1.807) is 11.3 Å². The molecule has 3 nitrogen and oxygen atoms in total. The van der Waals surface area contributed by atoms with Gasteiger partial charge in [0.05, 0.1) is 11.2 Å². The molecular weight excluding hydrogens is 206 g/mol. The fourth-order valence-electron chi connectivity index (χ4n) is 2.17. The first kappa shape index (κ1) is 9.75. The third-order valence-electron chi connectivity index (χ3n) is 3.49. The van der Waals surface area contributed by atoms with Gasteiger partial charge >= 0.3 is 0 Å². The number of hydrogen-bond acceptors (Lipinski definition) is 4. The first-order valence-electron chi connectivity index (χ1n) is 5.73. The molecule has 0 amide bonds. The summed E-state index contributed by atoms with van der Waals surface area (Å²) < 4.78 is 0. The van der Waals surface area contributed by atoms with E-state index in [-0.39, 0.29) is 5.54 Å². The van der Waals surface area contributed by atoms with Crippen molar-refractivity contribution in [3.63, 3.8) is 0 Å². The lowest BCUT2D eigenvalue weighted by atomic mass is 9.95. The smallest absolute Gasteiger partial charge is 0.113 e. The van der Waals surface area contributed by atoms with Crippen LogP contribution in [-0.4, -0.2) is 18.1 Å². The molecule has 2 heterocycles. The van der Waals surface area contributed by atoms with Gasteiger partial charge in [-0.1, -0.05) is 0 Å². The Bertz CT molecular complexity index is 350. The molecule has 0 atom stereocenters. The zero-order valence-electron chi connectivity index (χ0n) is 8.83. The van der Waals surface area contributed by atoms with Crippen LogP contribution in [0, 0.1) is 0 Å². The Balaban J connectivity index is 1.77. The second-order valence-corrected chi connectivity index (χ2v) is 5.62. The fraction of sp³-hybridized carbons (Fsp3) is 0.727. The Morgan fingerprint density at radius 2 is 2.13 bits per heavy atom. The molecule has 1 aliphatic carbocycles. The van der Waals surface area contributed by atoms with Crippen LogP contribution in [-0.2, 0) is 5.54 Å². The number of aromatic nitrogens is 1. The van der Waals surface area contributed by atoms with Gasteiger partial charge in [-0.25, -0.2) is 4.98 Å². The highest BCUT2D eigenvalue weighted by Crippen LogP contribution is 2.44. The van der Waals surface area contributed by atoms with Crippen molar-refractivity contribution in [2.45, 2.75) is 37.1 Å². The molecular formula is C11H17N3S. The van der Waals surface area contributed by atoms with E-state index in [0.717, 1.165) is 30.9 Å². The highest BCUT2D eigenvalue weighted by molar-refractivity contribution is 7.09. The van der Waals surface area contributed by atoms with E-state index < -0.39 is 0 Å². The van der Waals surface area contributed by atoms with Crippen LogP contribution >= 0.6 is 11.3 Å². The van der Waals surface area contributed by atoms with Crippen LogP contribution in [0.4, 0.5) is 0 Å². The molecule has 0 unspecified atom stereocenters. The number of rotatable bonds is 2. The monoisotopic (exact) mass is 223 g/mol. The first-order chi connectivity index (χ1) is 7.28. The average molecular weight is 223 g/mol. The quantitative estimate of drug-likeness (QED) is 0.800. The van der Waals surface area contributed by atoms with E-state index in [0.29, 0.717) is 5.92 Å². The molecule has 1 aromatic heterocycles. The summed E-state index contributed by atoms with van der Waals surface area (Å²) >= 11 is 1.76. The van der Waals surface area contributed by atoms with Gasteiger partial charge in [-0.15, -0.1) is 11.3 Å². The predicted molar refractivity (Wildman–Crippen MR) is 62.1 cm³/mol. The molecule has 1 saturated carbocycles. The number of thiazole rings is 1. The summed E-state index contributed by atoms with van der Waals surface area (Å²) in [6.45, 7) is 2.26. The highest BCUT2D eigenvalue weighted by atomic mass is 32.1. The number of piperidine rings is 1. The summed E-state index contributed by atoms with van der Waals surface area (Å²) in [6, 6.07) is 0. The van der Waals surface area contributed by atoms with E-state index in [9.17, 15) is 0 Å². The average Bonchev–Trinajstić information content (AvgIpc) is 2.85. The molecule has 0 radical (unpaired) electrons. The van der Waals surface area contributed by atoms with E-state index in [1.807, 2.05) is 0 Å². The maximum Gasteiger partial charge on any atom is 0.113 e. The minimum atomic E-state index is -0.0458. The van der Waals surface area contributed by atoms with Gasteiger partial charge in [-0.05, 0) is 38.8 Å². The molecule has 3 N–H and O–H groups in total. The second-order valence-electron chi connectivity index (χ2n) is 4.76. The number of nitrogens with zero attached hydrogens (tertiary/aromatic N) is 1. The summed E-state index contributed by atoms with van der Waals surface area (Å²) in [5, 5.41) is 6.77. The molecule has 2 aliphatic rings. The number of nitrogens with two attached hydrogens (primary N) is 1. The summed E-state index contributed by atoms with van der Waals surface area (Å²) in [5.74, 6) is 0.665. The Kier molecular flexibility index (Phi) is 2.30. The van der Waals surface area contributed by atoms with Gasteiger partial charge in [0, 0.05) is 11.3 Å². The highest BCUT2D eigenvalue weighted by Gasteiger charge is 2.43. The normalized spacial score (nSPS) is 25.4. The maximum atomic E-state index is 6.15. The van der Waals surface area contributed by atoms with Crippen LogP contribution in [0.25, 0.3) is 0 Å². The Morgan fingerprint density at radius 1 is 1.40 bits per heavy atom. The van der Waals surface area contributed by atoms with Crippen molar-refractivity contribution in [1.29, 1.82) is 0 Å². The lowest BCUT2D eigenvalue weighted by molar-refractivity contribution is 0.453. The van der Waals surface area contributed by atoms with Crippen molar-refractivity contribution in [3.8, 4) is 0 Å². The van der Waals surface area contributed by atoms with Crippen LogP contribution < -0.4 is 11.1 Å². The minimum absolute atomic E-state index is 0.0458. The van der Waals surface area contributed by atoms with Crippen molar-refractivity contribution in [3.05, 3.63) is 16.1 Å². The molecule has 0 bridgehead atoms. The second kappa shape index (κ2) is 3.54. The maximum absolute atomic E-state index is 6.15. The number of hydrogen-bond donors (Lipinski definition) is 2. The van der Waals surface area contributed by atoms with Gasteiger partial charge in [-0.2, -0.15) is 0 Å². The van der Waals surface area contributed by atoms with Gasteiger partial charge in [0.15, 0.2) is 0 Å². The van der Waals surface area contributed by atoms with Crippen LogP contribution in [0.3, 0.4) is 0 Å². The zero-order valence-corrected chi connectivity index (χ0v) is 9.65. The predicted octanol–water partition coefficient (Wildman–Crippen LogP) is 1.56. The molecule has 82 valence electrons. The van der Waals surface area contributed by atoms with Crippen LogP contribution in [0.1, 0.15) is 42.3 Å². The fourth-order valence-corrected chi connectivity index (χ4v) is 3.24. The Hall–Kier alpha value is -0.450. The lowest BCUT2D eigenvalue weighted by Gasteiger charge is -2.20. The molecule has 15 heavy (non-hydrogen) atoms. The summed E-state index contributed by atoms with van der Waals surface area (Å²) in [6.07, 6.45) is 4.68. The van der Waals surface area contributed by atoms with Gasteiger partial charge in [0.25, 0.3) is 0 Å². The summed E-state index contributed by atoms with van der Waals surface area (Å²) in [5.41, 5.74) is 7.39. The molecule has 2 fully saturated rings. The first-order valence-corrected chi connectivity index (χ1v) is 6.61. The molecule has 1 aliphatic heterocycles. The molecule has 1 aromatic rings. The van der Waals surface area contributed by atoms with Crippen molar-refractivity contribution in [1.82, 2.24) is 10.3 Å². The van der Waals surface area contributed by atoms with Crippen LogP contribution in [0.15, 0.2) is 5.38 Å². The van der Waals surface area contributed by atoms with E-state index >= 15 is 0 Å². The van der Waals surface area contributed by atoms with Gasteiger partial charge in [-0.3, -0.25) is 0 Å². The molecule has 3 rings (SSSR count). The summed E-state index contributed by atoms with van der Waals surface area (Å²) in [7, 11) is 0. The number of nitrogens with one attached hydrogen (secondary N) is 1. The van der Waals surface area contributed by atoms with E-state index in [1.165, 1.54) is 18.5 Å². The van der Waals surface area contributed by atoms with Crippen LogP contribution in [0.2, 0.25) is 0 Å². The van der Waals surface area contributed by atoms with Crippen LogP contribution in [0.5, 0.6) is 0 Å². The van der Waals surface area contributed by atoms with Crippen molar-refractivity contribution in [2.24, 2.45) is 5.73 Å². The van der Waals surface area contributed by atoms with E-state index in [2.05, 4.69) is 10.7 Å². The Labute approximate surface area is 94.1 Å².